The van der Waals surface area contributed by atoms with E-state index < -0.39 is 0 Å². The van der Waals surface area contributed by atoms with Crippen LogP contribution in [0.2, 0.25) is 0 Å². The molecule has 2 unspecified atom stereocenters. The average molecular weight is 285 g/mol. The monoisotopic (exact) mass is 284 g/mol. The maximum Gasteiger partial charge on any atom is 0.0723 e. The SMILES string of the molecule is CC1CN(c2cc(Br)ccc2N)C(C)CO1. The van der Waals surface area contributed by atoms with Crippen LogP contribution in [0.15, 0.2) is 22.7 Å². The molecule has 4 heteroatoms. The zero-order valence-electron chi connectivity index (χ0n) is 9.61. The van der Waals surface area contributed by atoms with Gasteiger partial charge in [-0.15, -0.1) is 0 Å². The predicted molar refractivity (Wildman–Crippen MR) is 70.8 cm³/mol. The van der Waals surface area contributed by atoms with Crippen LogP contribution in [0, 0.1) is 0 Å². The lowest BCUT2D eigenvalue weighted by molar-refractivity contribution is 0.0344. The molecular weight excluding hydrogens is 268 g/mol. The van der Waals surface area contributed by atoms with Gasteiger partial charge >= 0.3 is 0 Å². The van der Waals surface area contributed by atoms with Crippen LogP contribution < -0.4 is 10.6 Å². The van der Waals surface area contributed by atoms with Crippen molar-refractivity contribution in [3.8, 4) is 0 Å². The Hall–Kier alpha value is -0.740. The first-order valence-corrected chi connectivity index (χ1v) is 6.30. The second kappa shape index (κ2) is 4.63. The summed E-state index contributed by atoms with van der Waals surface area (Å²) in [5.74, 6) is 0. The minimum absolute atomic E-state index is 0.259. The molecule has 0 radical (unpaired) electrons. The van der Waals surface area contributed by atoms with Crippen molar-refractivity contribution in [1.82, 2.24) is 0 Å². The molecule has 2 atom stereocenters. The van der Waals surface area contributed by atoms with Gasteiger partial charge in [0.1, 0.15) is 0 Å². The molecule has 1 heterocycles. The Morgan fingerprint density at radius 1 is 1.44 bits per heavy atom. The fourth-order valence-electron chi connectivity index (χ4n) is 2.00. The van der Waals surface area contributed by atoms with Crippen LogP contribution in [-0.4, -0.2) is 25.3 Å². The van der Waals surface area contributed by atoms with Crippen molar-refractivity contribution in [3.05, 3.63) is 22.7 Å². The summed E-state index contributed by atoms with van der Waals surface area (Å²) in [6.45, 7) is 5.90. The highest BCUT2D eigenvalue weighted by atomic mass is 79.9. The molecule has 3 nitrogen and oxygen atoms in total. The van der Waals surface area contributed by atoms with Crippen LogP contribution in [0.3, 0.4) is 0 Å². The number of benzene rings is 1. The van der Waals surface area contributed by atoms with E-state index in [4.69, 9.17) is 10.5 Å². The third-order valence-electron chi connectivity index (χ3n) is 2.91. The number of hydrogen-bond donors (Lipinski definition) is 1. The standard InChI is InChI=1S/C12H17BrN2O/c1-8-7-16-9(2)6-15(8)12-5-10(13)3-4-11(12)14/h3-5,8-9H,6-7,14H2,1-2H3. The molecule has 0 aromatic heterocycles. The minimum atomic E-state index is 0.259. The van der Waals surface area contributed by atoms with E-state index in [2.05, 4.69) is 40.7 Å². The fourth-order valence-corrected chi connectivity index (χ4v) is 2.35. The van der Waals surface area contributed by atoms with E-state index in [-0.39, 0.29) is 6.10 Å². The molecule has 0 saturated carbocycles. The number of nitrogen functional groups attached to an aromatic ring is 1. The van der Waals surface area contributed by atoms with Gasteiger partial charge in [-0.2, -0.15) is 0 Å². The van der Waals surface area contributed by atoms with Gasteiger partial charge in [0.05, 0.1) is 24.1 Å². The molecule has 1 aromatic rings. The average Bonchev–Trinajstić information content (AvgIpc) is 2.25. The maximum atomic E-state index is 6.02. The molecule has 1 aliphatic rings. The maximum absolute atomic E-state index is 6.02. The summed E-state index contributed by atoms with van der Waals surface area (Å²) in [6.07, 6.45) is 0.259. The molecule has 2 rings (SSSR count). The second-order valence-electron chi connectivity index (χ2n) is 4.35. The number of morpholine rings is 1. The molecule has 88 valence electrons. The molecule has 0 aliphatic carbocycles. The number of halogens is 1. The number of ether oxygens (including phenoxy) is 1. The van der Waals surface area contributed by atoms with E-state index in [0.29, 0.717) is 6.04 Å². The van der Waals surface area contributed by atoms with Gasteiger partial charge in [0.2, 0.25) is 0 Å². The number of nitrogens with zero attached hydrogens (tertiary/aromatic N) is 1. The van der Waals surface area contributed by atoms with Crippen molar-refractivity contribution in [2.24, 2.45) is 0 Å². The van der Waals surface area contributed by atoms with Crippen LogP contribution in [0.25, 0.3) is 0 Å². The van der Waals surface area contributed by atoms with Crippen molar-refractivity contribution in [3.63, 3.8) is 0 Å². The van der Waals surface area contributed by atoms with Gasteiger partial charge in [-0.3, -0.25) is 0 Å². The third kappa shape index (κ3) is 2.33. The second-order valence-corrected chi connectivity index (χ2v) is 5.26. The Kier molecular flexibility index (Phi) is 3.40. The molecule has 1 aliphatic heterocycles. The Morgan fingerprint density at radius 2 is 2.19 bits per heavy atom. The summed E-state index contributed by atoms with van der Waals surface area (Å²) in [6, 6.07) is 6.34. The van der Waals surface area contributed by atoms with E-state index in [9.17, 15) is 0 Å². The van der Waals surface area contributed by atoms with Gasteiger partial charge in [0.25, 0.3) is 0 Å². The highest BCUT2D eigenvalue weighted by molar-refractivity contribution is 9.10. The van der Waals surface area contributed by atoms with E-state index in [1.807, 2.05) is 12.1 Å². The number of rotatable bonds is 1. The van der Waals surface area contributed by atoms with Crippen molar-refractivity contribution >= 4 is 27.3 Å². The largest absolute Gasteiger partial charge is 0.397 e. The van der Waals surface area contributed by atoms with Gasteiger partial charge in [-0.1, -0.05) is 15.9 Å². The lowest BCUT2D eigenvalue weighted by atomic mass is 10.1. The zero-order chi connectivity index (χ0) is 11.7. The molecule has 0 spiro atoms. The van der Waals surface area contributed by atoms with Crippen molar-refractivity contribution in [2.75, 3.05) is 23.8 Å². The molecular formula is C12H17BrN2O. The lowest BCUT2D eigenvalue weighted by Gasteiger charge is -2.39. The first-order valence-electron chi connectivity index (χ1n) is 5.51. The lowest BCUT2D eigenvalue weighted by Crippen LogP contribution is -2.47. The fraction of sp³-hybridized carbons (Fsp3) is 0.500. The summed E-state index contributed by atoms with van der Waals surface area (Å²) in [5.41, 5.74) is 7.94. The van der Waals surface area contributed by atoms with Crippen LogP contribution >= 0.6 is 15.9 Å². The summed E-state index contributed by atoms with van der Waals surface area (Å²) >= 11 is 3.48. The van der Waals surface area contributed by atoms with E-state index in [0.717, 1.165) is 29.0 Å². The molecule has 0 amide bonds. The van der Waals surface area contributed by atoms with Crippen LogP contribution in [0.4, 0.5) is 11.4 Å². The van der Waals surface area contributed by atoms with E-state index in [1.165, 1.54) is 0 Å². The van der Waals surface area contributed by atoms with Gasteiger partial charge in [0, 0.05) is 17.1 Å². The Labute approximate surface area is 105 Å². The number of hydrogen-bond acceptors (Lipinski definition) is 3. The molecule has 1 saturated heterocycles. The van der Waals surface area contributed by atoms with Crippen molar-refractivity contribution < 1.29 is 4.74 Å². The smallest absolute Gasteiger partial charge is 0.0723 e. The predicted octanol–water partition coefficient (Wildman–Crippen LogP) is 2.64. The quantitative estimate of drug-likeness (QED) is 0.806. The van der Waals surface area contributed by atoms with Gasteiger partial charge < -0.3 is 15.4 Å². The molecule has 0 bridgehead atoms. The Bertz CT molecular complexity index is 383. The van der Waals surface area contributed by atoms with E-state index >= 15 is 0 Å². The van der Waals surface area contributed by atoms with Gasteiger partial charge in [-0.05, 0) is 32.0 Å². The summed E-state index contributed by atoms with van der Waals surface area (Å²) in [7, 11) is 0. The van der Waals surface area contributed by atoms with Gasteiger partial charge in [0.15, 0.2) is 0 Å². The van der Waals surface area contributed by atoms with Crippen LogP contribution in [0.5, 0.6) is 0 Å². The first kappa shape index (κ1) is 11.7. The van der Waals surface area contributed by atoms with Crippen molar-refractivity contribution in [2.45, 2.75) is 26.0 Å². The summed E-state index contributed by atoms with van der Waals surface area (Å²) in [4.78, 5) is 2.31. The van der Waals surface area contributed by atoms with Gasteiger partial charge in [-0.25, -0.2) is 0 Å². The summed E-state index contributed by atoms with van der Waals surface area (Å²) in [5, 5.41) is 0. The van der Waals surface area contributed by atoms with E-state index in [1.54, 1.807) is 0 Å². The molecule has 1 fully saturated rings. The highest BCUT2D eigenvalue weighted by Crippen LogP contribution is 2.30. The molecule has 16 heavy (non-hydrogen) atoms. The zero-order valence-corrected chi connectivity index (χ0v) is 11.2. The van der Waals surface area contributed by atoms with Crippen LogP contribution in [0.1, 0.15) is 13.8 Å². The molecule has 1 aromatic carbocycles. The Morgan fingerprint density at radius 3 is 2.94 bits per heavy atom. The normalized spacial score (nSPS) is 25.8. The number of anilines is 2. The minimum Gasteiger partial charge on any atom is -0.397 e. The topological polar surface area (TPSA) is 38.5 Å². The third-order valence-corrected chi connectivity index (χ3v) is 3.40. The highest BCUT2D eigenvalue weighted by Gasteiger charge is 2.24. The Balaban J connectivity index is 2.30. The van der Waals surface area contributed by atoms with Crippen molar-refractivity contribution in [1.29, 1.82) is 0 Å². The summed E-state index contributed by atoms with van der Waals surface area (Å²) < 4.78 is 6.68. The molecule has 2 N–H and O–H groups in total. The number of nitrogens with two attached hydrogens (primary N) is 1. The van der Waals surface area contributed by atoms with Crippen LogP contribution in [-0.2, 0) is 4.74 Å². The first-order chi connectivity index (χ1) is 7.58.